The number of hydrogen-bond donors (Lipinski definition) is 1. The number of anilines is 1. The first-order valence-electron chi connectivity index (χ1n) is 11.7. The third kappa shape index (κ3) is 5.45. The molecule has 33 heavy (non-hydrogen) atoms. The summed E-state index contributed by atoms with van der Waals surface area (Å²) in [5, 5.41) is 9.37. The van der Waals surface area contributed by atoms with Gasteiger partial charge in [0, 0.05) is 17.8 Å². The van der Waals surface area contributed by atoms with E-state index in [4.69, 9.17) is 4.74 Å². The van der Waals surface area contributed by atoms with Crippen molar-refractivity contribution in [2.45, 2.75) is 65.3 Å². The van der Waals surface area contributed by atoms with Crippen molar-refractivity contribution in [1.29, 1.82) is 0 Å². The second kappa shape index (κ2) is 10.7. The minimum atomic E-state index is -0.930. The van der Waals surface area contributed by atoms with E-state index in [2.05, 4.69) is 75.9 Å². The maximum atomic E-state index is 11.4. The van der Waals surface area contributed by atoms with Crippen LogP contribution in [0.4, 0.5) is 5.69 Å². The Hall–Kier alpha value is -3.11. The van der Waals surface area contributed by atoms with Crippen molar-refractivity contribution in [2.75, 3.05) is 4.90 Å². The Labute approximate surface area is 197 Å². The van der Waals surface area contributed by atoms with Gasteiger partial charge >= 0.3 is 5.97 Å². The molecule has 0 aromatic heterocycles. The smallest absolute Gasteiger partial charge is 0.335 e. The van der Waals surface area contributed by atoms with Crippen molar-refractivity contribution >= 4 is 11.7 Å². The summed E-state index contributed by atoms with van der Waals surface area (Å²) in [6, 6.07) is 26.5. The van der Waals surface area contributed by atoms with Gasteiger partial charge in [0.25, 0.3) is 0 Å². The molecule has 0 saturated carbocycles. The second-order valence-corrected chi connectivity index (χ2v) is 8.98. The molecule has 0 aliphatic carbocycles. The van der Waals surface area contributed by atoms with E-state index in [1.165, 1.54) is 0 Å². The number of ether oxygens (including phenoxy) is 1. The molecule has 0 unspecified atom stereocenters. The van der Waals surface area contributed by atoms with E-state index in [0.29, 0.717) is 25.1 Å². The van der Waals surface area contributed by atoms with Crippen LogP contribution in [0.15, 0.2) is 78.9 Å². The van der Waals surface area contributed by atoms with E-state index in [1.807, 2.05) is 30.3 Å². The van der Waals surface area contributed by atoms with Gasteiger partial charge in [0.1, 0.15) is 5.60 Å². The highest BCUT2D eigenvalue weighted by Gasteiger charge is 2.34. The van der Waals surface area contributed by atoms with Gasteiger partial charge in [-0.05, 0) is 75.1 Å². The van der Waals surface area contributed by atoms with Crippen LogP contribution in [0.2, 0.25) is 0 Å². The molecule has 4 heteroatoms. The van der Waals surface area contributed by atoms with Crippen molar-refractivity contribution in [3.05, 3.63) is 101 Å². The summed E-state index contributed by atoms with van der Waals surface area (Å²) >= 11 is 0. The maximum Gasteiger partial charge on any atom is 0.335 e. The number of aromatic carboxylic acids is 1. The van der Waals surface area contributed by atoms with Crippen LogP contribution in [-0.4, -0.2) is 23.2 Å². The number of hydrogen-bond acceptors (Lipinski definition) is 3. The minimum absolute atomic E-state index is 0.270. The van der Waals surface area contributed by atoms with E-state index in [1.54, 1.807) is 12.1 Å². The lowest BCUT2D eigenvalue weighted by molar-refractivity contribution is -0.0334. The zero-order valence-corrected chi connectivity index (χ0v) is 20.3. The van der Waals surface area contributed by atoms with Crippen LogP contribution >= 0.6 is 0 Å². The molecule has 3 aromatic carbocycles. The summed E-state index contributed by atoms with van der Waals surface area (Å²) < 4.78 is 6.73. The lowest BCUT2D eigenvalue weighted by Crippen LogP contribution is -2.37. The molecular weight excluding hydrogens is 410 g/mol. The molecule has 0 saturated heterocycles. The Morgan fingerprint density at radius 3 is 2.06 bits per heavy atom. The summed E-state index contributed by atoms with van der Waals surface area (Å²) in [7, 11) is 0. The standard InChI is InChI=1S/C29H35NO3/c1-6-29(33-20-23-11-8-7-9-12-23,25-17-15-24(16-18-25)28(31)32)26-13-10-14-27(19-26)30(21(2)3)22(4)5/h7-19,21-22H,6,20H2,1-5H3,(H,31,32)/t29-/m1/s1. The molecule has 3 aromatic rings. The normalized spacial score (nSPS) is 13.2. The van der Waals surface area contributed by atoms with E-state index < -0.39 is 11.6 Å². The highest BCUT2D eigenvalue weighted by Crippen LogP contribution is 2.40. The molecule has 0 aliphatic heterocycles. The Balaban J connectivity index is 2.11. The van der Waals surface area contributed by atoms with E-state index in [-0.39, 0.29) is 5.56 Å². The van der Waals surface area contributed by atoms with Crippen molar-refractivity contribution in [3.63, 3.8) is 0 Å². The number of benzene rings is 3. The monoisotopic (exact) mass is 445 g/mol. The molecule has 4 nitrogen and oxygen atoms in total. The molecule has 0 bridgehead atoms. The molecule has 0 spiro atoms. The Morgan fingerprint density at radius 1 is 0.879 bits per heavy atom. The van der Waals surface area contributed by atoms with Crippen LogP contribution in [0.25, 0.3) is 0 Å². The second-order valence-electron chi connectivity index (χ2n) is 8.98. The summed E-state index contributed by atoms with van der Waals surface area (Å²) in [5.41, 5.74) is 3.82. The fourth-order valence-electron chi connectivity index (χ4n) is 4.62. The molecule has 0 heterocycles. The van der Waals surface area contributed by atoms with Gasteiger partial charge in [0.15, 0.2) is 0 Å². The third-order valence-corrected chi connectivity index (χ3v) is 6.15. The largest absolute Gasteiger partial charge is 0.478 e. The van der Waals surface area contributed by atoms with Crippen molar-refractivity contribution in [3.8, 4) is 0 Å². The van der Waals surface area contributed by atoms with Crippen LogP contribution < -0.4 is 4.90 Å². The van der Waals surface area contributed by atoms with Crippen LogP contribution in [0.5, 0.6) is 0 Å². The minimum Gasteiger partial charge on any atom is -0.478 e. The molecule has 1 N–H and O–H groups in total. The van der Waals surface area contributed by atoms with Gasteiger partial charge in [0.05, 0.1) is 12.2 Å². The fourth-order valence-corrected chi connectivity index (χ4v) is 4.62. The van der Waals surface area contributed by atoms with Crippen LogP contribution in [0, 0.1) is 0 Å². The highest BCUT2D eigenvalue weighted by molar-refractivity contribution is 5.87. The molecule has 0 amide bonds. The predicted octanol–water partition coefficient (Wildman–Crippen LogP) is 6.88. The van der Waals surface area contributed by atoms with Gasteiger partial charge in [-0.2, -0.15) is 0 Å². The first kappa shape index (κ1) is 24.5. The van der Waals surface area contributed by atoms with Crippen molar-refractivity contribution in [1.82, 2.24) is 0 Å². The van der Waals surface area contributed by atoms with Gasteiger partial charge < -0.3 is 14.7 Å². The summed E-state index contributed by atoms with van der Waals surface area (Å²) in [6.07, 6.45) is 0.707. The Kier molecular flexibility index (Phi) is 7.93. The molecule has 3 rings (SSSR count). The fraction of sp³-hybridized carbons (Fsp3) is 0.345. The topological polar surface area (TPSA) is 49.8 Å². The molecule has 0 radical (unpaired) electrons. The van der Waals surface area contributed by atoms with Gasteiger partial charge in [-0.15, -0.1) is 0 Å². The molecule has 0 aliphatic rings. The maximum absolute atomic E-state index is 11.4. The molecule has 174 valence electrons. The first-order valence-corrected chi connectivity index (χ1v) is 11.7. The number of carboxylic acid groups (broad SMARTS) is 1. The zero-order valence-electron chi connectivity index (χ0n) is 20.3. The number of carbonyl (C=O) groups is 1. The molecule has 0 fully saturated rings. The van der Waals surface area contributed by atoms with Crippen molar-refractivity contribution in [2.24, 2.45) is 0 Å². The quantitative estimate of drug-likeness (QED) is 0.370. The van der Waals surface area contributed by atoms with Gasteiger partial charge in [0.2, 0.25) is 0 Å². The summed E-state index contributed by atoms with van der Waals surface area (Å²) in [6.45, 7) is 11.4. The van der Waals surface area contributed by atoms with E-state index in [0.717, 1.165) is 22.4 Å². The first-order chi connectivity index (χ1) is 15.8. The number of nitrogens with zero attached hydrogens (tertiary/aromatic N) is 1. The Morgan fingerprint density at radius 2 is 1.52 bits per heavy atom. The summed E-state index contributed by atoms with van der Waals surface area (Å²) in [4.78, 5) is 13.8. The molecular formula is C29H35NO3. The van der Waals surface area contributed by atoms with Crippen LogP contribution in [0.3, 0.4) is 0 Å². The van der Waals surface area contributed by atoms with Gasteiger partial charge in [-0.3, -0.25) is 0 Å². The average molecular weight is 446 g/mol. The SMILES string of the molecule is CC[C@@](OCc1ccccc1)(c1ccc(C(=O)O)cc1)c1cccc(N(C(C)C)C(C)C)c1. The lowest BCUT2D eigenvalue weighted by Gasteiger charge is -2.37. The summed E-state index contributed by atoms with van der Waals surface area (Å²) in [5.74, 6) is -0.930. The van der Waals surface area contributed by atoms with Gasteiger partial charge in [-0.1, -0.05) is 61.5 Å². The zero-order chi connectivity index (χ0) is 24.0. The Bertz CT molecular complexity index is 1040. The van der Waals surface area contributed by atoms with Crippen molar-refractivity contribution < 1.29 is 14.6 Å². The number of carboxylic acids is 1. The van der Waals surface area contributed by atoms with Crippen LogP contribution in [0.1, 0.15) is 68.1 Å². The molecule has 1 atom stereocenters. The lowest BCUT2D eigenvalue weighted by atomic mass is 9.83. The van der Waals surface area contributed by atoms with E-state index >= 15 is 0 Å². The van der Waals surface area contributed by atoms with Gasteiger partial charge in [-0.25, -0.2) is 4.79 Å². The van der Waals surface area contributed by atoms with E-state index in [9.17, 15) is 9.90 Å². The van der Waals surface area contributed by atoms with Crippen LogP contribution in [-0.2, 0) is 16.9 Å². The predicted molar refractivity (Wildman–Crippen MR) is 135 cm³/mol. The third-order valence-electron chi connectivity index (χ3n) is 6.15. The number of rotatable bonds is 10. The average Bonchev–Trinajstić information content (AvgIpc) is 2.80. The highest BCUT2D eigenvalue weighted by atomic mass is 16.5.